The molecule has 250 valence electrons. The third-order valence-corrected chi connectivity index (χ3v) is 10.1. The zero-order valence-electron chi connectivity index (χ0n) is 28.1. The minimum atomic E-state index is -0.893. The molecule has 3 aliphatic rings. The van der Waals surface area contributed by atoms with Gasteiger partial charge in [-0.05, 0) is 72.6 Å². The Morgan fingerprint density at radius 3 is 2.50 bits per heavy atom. The molecule has 0 radical (unpaired) electrons. The summed E-state index contributed by atoms with van der Waals surface area (Å²) in [6, 6.07) is 10.3. The van der Waals surface area contributed by atoms with Gasteiger partial charge in [-0.2, -0.15) is 0 Å². The van der Waals surface area contributed by atoms with Crippen LogP contribution in [0.25, 0.3) is 0 Å². The second kappa shape index (κ2) is 14.1. The van der Waals surface area contributed by atoms with Crippen LogP contribution in [-0.2, 0) is 20.8 Å². The molecule has 8 nitrogen and oxygen atoms in total. The average molecular weight is 636 g/mol. The Morgan fingerprint density at radius 2 is 1.87 bits per heavy atom. The minimum absolute atomic E-state index is 0.0405. The lowest BCUT2D eigenvalue weighted by Gasteiger charge is -2.35. The number of amides is 2. The van der Waals surface area contributed by atoms with Crippen molar-refractivity contribution in [1.82, 2.24) is 9.80 Å². The first kappa shape index (κ1) is 33.9. The first-order valence-corrected chi connectivity index (χ1v) is 17.0. The number of ether oxygens (including phenoxy) is 1. The van der Waals surface area contributed by atoms with E-state index in [-0.39, 0.29) is 41.6 Å². The van der Waals surface area contributed by atoms with Crippen molar-refractivity contribution in [2.24, 2.45) is 11.3 Å². The van der Waals surface area contributed by atoms with E-state index in [9.17, 15) is 23.9 Å². The predicted molar refractivity (Wildman–Crippen MR) is 177 cm³/mol. The number of rotatable bonds is 13. The van der Waals surface area contributed by atoms with Gasteiger partial charge in [-0.15, -0.1) is 0 Å². The molecule has 2 saturated heterocycles. The van der Waals surface area contributed by atoms with Gasteiger partial charge in [-0.3, -0.25) is 19.3 Å². The summed E-state index contributed by atoms with van der Waals surface area (Å²) in [7, 11) is 0. The van der Waals surface area contributed by atoms with Crippen molar-refractivity contribution in [2.45, 2.75) is 97.6 Å². The number of carboxylic acid groups (broad SMARTS) is 1. The molecule has 3 atom stereocenters. The Morgan fingerprint density at radius 1 is 1.13 bits per heavy atom. The van der Waals surface area contributed by atoms with Gasteiger partial charge in [-0.25, -0.2) is 4.39 Å². The summed E-state index contributed by atoms with van der Waals surface area (Å²) < 4.78 is 20.0. The van der Waals surface area contributed by atoms with E-state index in [0.29, 0.717) is 50.3 Å². The van der Waals surface area contributed by atoms with Gasteiger partial charge in [0, 0.05) is 56.2 Å². The number of carbonyl (C=O) groups is 3. The summed E-state index contributed by atoms with van der Waals surface area (Å²) in [4.78, 5) is 46.1. The molecule has 0 aromatic heterocycles. The summed E-state index contributed by atoms with van der Waals surface area (Å²) in [6.45, 7) is 12.2. The average Bonchev–Trinajstić information content (AvgIpc) is 3.68. The fourth-order valence-corrected chi connectivity index (χ4v) is 7.96. The molecule has 2 aromatic rings. The molecule has 2 fully saturated rings. The van der Waals surface area contributed by atoms with Crippen LogP contribution >= 0.6 is 0 Å². The zero-order valence-corrected chi connectivity index (χ0v) is 28.1. The molecule has 0 bridgehead atoms. The van der Waals surface area contributed by atoms with Crippen LogP contribution in [0.3, 0.4) is 0 Å². The van der Waals surface area contributed by atoms with Crippen molar-refractivity contribution in [3.63, 3.8) is 0 Å². The number of carboxylic acids is 1. The van der Waals surface area contributed by atoms with Gasteiger partial charge in [0.2, 0.25) is 11.8 Å². The maximum absolute atomic E-state index is 14.5. The van der Waals surface area contributed by atoms with E-state index >= 15 is 0 Å². The van der Waals surface area contributed by atoms with Crippen LogP contribution in [0, 0.1) is 24.1 Å². The van der Waals surface area contributed by atoms with Crippen LogP contribution in [0.2, 0.25) is 0 Å². The highest BCUT2D eigenvalue weighted by atomic mass is 19.1. The monoisotopic (exact) mass is 635 g/mol. The number of nitrogens with zero attached hydrogens (tertiary/aromatic N) is 3. The zero-order chi connectivity index (χ0) is 33.2. The van der Waals surface area contributed by atoms with E-state index < -0.39 is 17.9 Å². The summed E-state index contributed by atoms with van der Waals surface area (Å²) in [5, 5.41) is 10.7. The number of anilines is 1. The molecule has 46 heavy (non-hydrogen) atoms. The van der Waals surface area contributed by atoms with Gasteiger partial charge >= 0.3 is 5.97 Å². The SMILES string of the molecule is CCCC(CCC)N(C(=O)CN1C[C@H](c2ccc3c(c2)CCO3)[C@@H](C(=O)O)[C@@H]1CCN1CC(C)(C)CC1=O)c1ccc(F)c(C)c1. The largest absolute Gasteiger partial charge is 0.493 e. The summed E-state index contributed by atoms with van der Waals surface area (Å²) in [5.74, 6) is -1.46. The topological polar surface area (TPSA) is 90.4 Å². The smallest absolute Gasteiger partial charge is 0.308 e. The summed E-state index contributed by atoms with van der Waals surface area (Å²) in [6.07, 6.45) is 5.13. The van der Waals surface area contributed by atoms with Crippen LogP contribution in [0.5, 0.6) is 5.75 Å². The molecule has 2 aromatic carbocycles. The fraction of sp³-hybridized carbons (Fsp3) is 0.595. The maximum atomic E-state index is 14.5. The standard InChI is InChI=1S/C37H50FN3O5/c1-6-8-27(9-7-2)41(28-11-12-30(38)24(3)18-28)34(43)22-40-21-29(25-10-13-32-26(19-25)15-17-46-32)35(36(44)45)31(40)14-16-39-23-37(4,5)20-33(39)42/h10-13,18-19,27,29,31,35H,6-9,14-17,20-23H2,1-5H3,(H,44,45)/t29-,31+,35-/m1/s1. The second-order valence-corrected chi connectivity index (χ2v) is 14.3. The number of likely N-dealkylation sites (tertiary alicyclic amines) is 2. The van der Waals surface area contributed by atoms with Crippen molar-refractivity contribution in [3.05, 3.63) is 58.9 Å². The van der Waals surface area contributed by atoms with Crippen molar-refractivity contribution in [2.75, 3.05) is 37.7 Å². The number of hydrogen-bond donors (Lipinski definition) is 1. The van der Waals surface area contributed by atoms with Gasteiger partial charge < -0.3 is 19.6 Å². The predicted octanol–water partition coefficient (Wildman–Crippen LogP) is 6.19. The third-order valence-electron chi connectivity index (χ3n) is 10.1. The number of halogens is 1. The lowest BCUT2D eigenvalue weighted by molar-refractivity contribution is -0.143. The highest BCUT2D eigenvalue weighted by Gasteiger charge is 2.48. The first-order chi connectivity index (χ1) is 21.9. The second-order valence-electron chi connectivity index (χ2n) is 14.3. The molecule has 9 heteroatoms. The molecule has 3 heterocycles. The van der Waals surface area contributed by atoms with E-state index in [4.69, 9.17) is 4.74 Å². The molecule has 3 aliphatic heterocycles. The van der Waals surface area contributed by atoms with Gasteiger partial charge in [0.25, 0.3) is 0 Å². The van der Waals surface area contributed by atoms with Crippen LogP contribution in [0.4, 0.5) is 10.1 Å². The van der Waals surface area contributed by atoms with Crippen molar-refractivity contribution < 1.29 is 28.6 Å². The highest BCUT2D eigenvalue weighted by Crippen LogP contribution is 2.42. The molecular formula is C37H50FN3O5. The van der Waals surface area contributed by atoms with Crippen molar-refractivity contribution in [3.8, 4) is 5.75 Å². The Hall–Kier alpha value is -3.46. The lowest BCUT2D eigenvalue weighted by atomic mass is 9.83. The molecule has 0 aliphatic carbocycles. The van der Waals surface area contributed by atoms with E-state index in [1.54, 1.807) is 19.1 Å². The highest BCUT2D eigenvalue weighted by molar-refractivity contribution is 5.95. The molecule has 2 amide bonds. The molecule has 0 spiro atoms. The lowest BCUT2D eigenvalue weighted by Crippen LogP contribution is -2.48. The van der Waals surface area contributed by atoms with E-state index in [0.717, 1.165) is 49.0 Å². The maximum Gasteiger partial charge on any atom is 0.308 e. The number of hydrogen-bond acceptors (Lipinski definition) is 5. The summed E-state index contributed by atoms with van der Waals surface area (Å²) >= 11 is 0. The van der Waals surface area contributed by atoms with Crippen LogP contribution in [0.15, 0.2) is 36.4 Å². The third kappa shape index (κ3) is 7.24. The quantitative estimate of drug-likeness (QED) is 0.283. The van der Waals surface area contributed by atoms with Gasteiger partial charge in [-0.1, -0.05) is 52.7 Å². The normalized spacial score (nSPS) is 22.4. The van der Waals surface area contributed by atoms with E-state index in [1.807, 2.05) is 26.8 Å². The van der Waals surface area contributed by atoms with Crippen LogP contribution < -0.4 is 9.64 Å². The van der Waals surface area contributed by atoms with Gasteiger partial charge in [0.05, 0.1) is 19.1 Å². The first-order valence-electron chi connectivity index (χ1n) is 17.0. The Kier molecular flexibility index (Phi) is 10.4. The molecule has 0 unspecified atom stereocenters. The van der Waals surface area contributed by atoms with Crippen LogP contribution in [0.1, 0.15) is 88.8 Å². The Balaban J connectivity index is 1.48. The summed E-state index contributed by atoms with van der Waals surface area (Å²) in [5.41, 5.74) is 3.05. The molecule has 5 rings (SSSR count). The van der Waals surface area contributed by atoms with Gasteiger partial charge in [0.1, 0.15) is 11.6 Å². The number of aryl methyl sites for hydroxylation is 1. The Labute approximate surface area is 272 Å². The van der Waals surface area contributed by atoms with E-state index in [1.165, 1.54) is 6.07 Å². The van der Waals surface area contributed by atoms with Gasteiger partial charge in [0.15, 0.2) is 0 Å². The van der Waals surface area contributed by atoms with Crippen molar-refractivity contribution in [1.29, 1.82) is 0 Å². The van der Waals surface area contributed by atoms with E-state index in [2.05, 4.69) is 33.8 Å². The van der Waals surface area contributed by atoms with Crippen molar-refractivity contribution >= 4 is 23.5 Å². The number of fused-ring (bicyclic) bond motifs is 1. The Bertz CT molecular complexity index is 1440. The number of carbonyl (C=O) groups excluding carboxylic acids is 2. The molecular weight excluding hydrogens is 585 g/mol. The van der Waals surface area contributed by atoms with Crippen LogP contribution in [-0.4, -0.2) is 77.6 Å². The number of aliphatic carboxylic acids is 1. The minimum Gasteiger partial charge on any atom is -0.493 e. The molecule has 0 saturated carbocycles. The number of benzene rings is 2. The fourth-order valence-electron chi connectivity index (χ4n) is 7.96. The molecule has 1 N–H and O–H groups in total.